The van der Waals surface area contributed by atoms with Gasteiger partial charge in [0.2, 0.25) is 0 Å². The topological polar surface area (TPSA) is 19.4 Å². The van der Waals surface area contributed by atoms with Gasteiger partial charge in [-0.3, -0.25) is 0 Å². The van der Waals surface area contributed by atoms with Gasteiger partial charge < -0.3 is 29.4 Å². The summed E-state index contributed by atoms with van der Waals surface area (Å²) in [4.78, 5) is 17.9. The molecule has 19 aromatic carbocycles. The molecular weight excluding hydrogens is 1620 g/mol. The van der Waals surface area contributed by atoms with Crippen LogP contribution in [0.1, 0.15) is 27.9 Å². The van der Waals surface area contributed by atoms with Crippen LogP contribution in [0.2, 0.25) is 0 Å². The van der Waals surface area contributed by atoms with Crippen LogP contribution in [0.5, 0.6) is 0 Å². The zero-order valence-electron chi connectivity index (χ0n) is 70.6. The van der Waals surface area contributed by atoms with Gasteiger partial charge in [0.15, 0.2) is 0 Å². The van der Waals surface area contributed by atoms with Crippen LogP contribution in [0.15, 0.2) is 514 Å². The maximum absolute atomic E-state index is 2.45. The van der Waals surface area contributed by atoms with Crippen molar-refractivity contribution in [2.75, 3.05) is 29.4 Å². The van der Waals surface area contributed by atoms with Crippen molar-refractivity contribution in [1.29, 1.82) is 0 Å². The number of hydrogen-bond acceptors (Lipinski definition) is 9. The van der Waals surface area contributed by atoms with E-state index in [2.05, 4.69) is 539 Å². The SMILES string of the molecule is c1ccc(N(c2ccccc2)c2ccc(-c3sc4c(c5c(c6sc(-c7ccc(N(c8ccccc8)c8ccccc8)cc7)c(-c7ccc(N(c8ccccc8)c8ccccc8)cc7)c64)C(c4ccc(N(c6ccccc6)c6ccccc6)cc4)C(c4ccc(N(c6ccccc6)c6ccccc6)cc4)S5)c3-c3ccc(N(c4ccccc4)c4ccccc4)cc3)cc2)cc1. The lowest BCUT2D eigenvalue weighted by Gasteiger charge is -2.27. The highest BCUT2D eigenvalue weighted by atomic mass is 32.2. The maximum Gasteiger partial charge on any atom is 0.0462 e. The van der Waals surface area contributed by atoms with Crippen molar-refractivity contribution in [2.24, 2.45) is 0 Å². The molecule has 0 N–H and O–H groups in total. The Hall–Kier alpha value is -15.8. The second-order valence-electron chi connectivity index (χ2n) is 32.2. The number of thiophene rings is 2. The summed E-state index contributed by atoms with van der Waals surface area (Å²) in [5.74, 6) is -0.192. The van der Waals surface area contributed by atoms with Gasteiger partial charge >= 0.3 is 0 Å². The Bertz CT molecular complexity index is 7130. The fourth-order valence-corrected chi connectivity index (χ4v) is 23.2. The Balaban J connectivity index is 0.840. The van der Waals surface area contributed by atoms with Crippen molar-refractivity contribution in [1.82, 2.24) is 0 Å². The van der Waals surface area contributed by atoms with E-state index in [0.29, 0.717) is 0 Å². The number of para-hydroxylation sites is 12. The Kier molecular flexibility index (Phi) is 21.9. The largest absolute Gasteiger partial charge is 0.311 e. The van der Waals surface area contributed by atoms with Crippen molar-refractivity contribution in [3.63, 3.8) is 0 Å². The standard InChI is InChI=1S/C120H86N6S3/c1-13-37-91(38-14-1)121(92-39-15-2-16-40-92)103-73-61-85(62-74-103)109-112-118(127-115(109)88-67-79-106(80-68-88)124(97-49-25-7-26-50-97)98-51-27-8-28-52-98)113-110(86-63-75-104(76-64-86)122(93-41-17-3-18-42-93)94-43-19-4-20-44-94)117(90-71-83-108(84-72-90)126(101-57-33-11-34-58-101)102-59-35-12-36-60-102)129-120(113)114-111(87-65-77-105(78-66-87)123(95-45-21-5-22-46-95)96-47-23-6-24-48-96)116(128-119(112)114)89-69-81-107(82-70-89)125(99-53-29-9-30-54-99)100-55-31-10-32-56-100/h1-84,109,115H. The predicted octanol–water partition coefficient (Wildman–Crippen LogP) is 35.6. The van der Waals surface area contributed by atoms with Crippen LogP contribution in [0, 0.1) is 0 Å². The minimum Gasteiger partial charge on any atom is -0.311 e. The van der Waals surface area contributed by atoms with Gasteiger partial charge in [0.05, 0.1) is 0 Å². The molecule has 614 valence electrons. The molecule has 3 heterocycles. The van der Waals surface area contributed by atoms with E-state index in [1.165, 1.54) is 62.6 Å². The number of nitrogens with zero attached hydrogens (tertiary/aromatic N) is 6. The summed E-state index contributed by atoms with van der Waals surface area (Å²) in [5, 5.41) is 2.36. The Morgan fingerprint density at radius 2 is 0.349 bits per heavy atom. The van der Waals surface area contributed by atoms with Crippen molar-refractivity contribution in [2.45, 2.75) is 16.1 Å². The van der Waals surface area contributed by atoms with Gasteiger partial charge in [0, 0.05) is 159 Å². The van der Waals surface area contributed by atoms with Crippen LogP contribution in [0.25, 0.3) is 63.3 Å². The van der Waals surface area contributed by atoms with Crippen LogP contribution < -0.4 is 29.4 Å². The van der Waals surface area contributed by atoms with Crippen molar-refractivity contribution >= 4 is 157 Å². The van der Waals surface area contributed by atoms with Gasteiger partial charge in [0.1, 0.15) is 0 Å². The molecule has 1 aliphatic heterocycles. The first kappa shape index (κ1) is 79.2. The molecule has 0 aliphatic carbocycles. The monoisotopic (exact) mass is 1710 g/mol. The second kappa shape index (κ2) is 35.7. The average molecular weight is 1710 g/mol. The minimum atomic E-state index is -0.192. The third kappa shape index (κ3) is 15.5. The molecule has 0 spiro atoms. The molecule has 2 aromatic heterocycles. The van der Waals surface area contributed by atoms with Crippen molar-refractivity contribution in [3.8, 4) is 43.1 Å². The lowest BCUT2D eigenvalue weighted by atomic mass is 9.83. The summed E-state index contributed by atoms with van der Waals surface area (Å²) in [5.41, 5.74) is 30.1. The molecule has 0 bridgehead atoms. The quantitative estimate of drug-likeness (QED) is 0.0593. The molecule has 2 atom stereocenters. The number of anilines is 18. The highest BCUT2D eigenvalue weighted by molar-refractivity contribution is 8.00. The maximum atomic E-state index is 2.45. The summed E-state index contributed by atoms with van der Waals surface area (Å²) in [7, 11) is 0. The molecule has 0 saturated heterocycles. The van der Waals surface area contributed by atoms with E-state index >= 15 is 0 Å². The van der Waals surface area contributed by atoms with E-state index in [4.69, 9.17) is 0 Å². The molecule has 129 heavy (non-hydrogen) atoms. The van der Waals surface area contributed by atoms with Crippen LogP contribution in [0.3, 0.4) is 0 Å². The third-order valence-electron chi connectivity index (χ3n) is 24.4. The Morgan fingerprint density at radius 3 is 0.581 bits per heavy atom. The van der Waals surface area contributed by atoms with E-state index in [9.17, 15) is 0 Å². The summed E-state index contributed by atoms with van der Waals surface area (Å²) >= 11 is 5.94. The first-order chi connectivity index (χ1) is 64.0. The molecule has 0 amide bonds. The number of hydrogen-bond donors (Lipinski definition) is 0. The summed E-state index contributed by atoms with van der Waals surface area (Å²) in [6, 6.07) is 186. The molecule has 21 aromatic rings. The third-order valence-corrected chi connectivity index (χ3v) is 28.4. The van der Waals surface area contributed by atoms with E-state index in [1.807, 2.05) is 34.4 Å². The summed E-state index contributed by atoms with van der Waals surface area (Å²) < 4.78 is 2.50. The normalized spacial score (nSPS) is 12.8. The van der Waals surface area contributed by atoms with Gasteiger partial charge in [-0.15, -0.1) is 34.4 Å². The van der Waals surface area contributed by atoms with Crippen molar-refractivity contribution in [3.05, 3.63) is 526 Å². The lowest BCUT2D eigenvalue weighted by molar-refractivity contribution is 0.806. The van der Waals surface area contributed by atoms with Gasteiger partial charge in [-0.1, -0.05) is 291 Å². The van der Waals surface area contributed by atoms with E-state index in [0.717, 1.165) is 125 Å². The highest BCUT2D eigenvalue weighted by Gasteiger charge is 2.43. The van der Waals surface area contributed by atoms with Gasteiger partial charge in [-0.05, 0) is 257 Å². The summed E-state index contributed by atoms with van der Waals surface area (Å²) in [6.45, 7) is 0. The van der Waals surface area contributed by atoms with Crippen LogP contribution in [-0.2, 0) is 0 Å². The molecule has 0 fully saturated rings. The van der Waals surface area contributed by atoms with Gasteiger partial charge in [0.25, 0.3) is 0 Å². The second-order valence-corrected chi connectivity index (χ2v) is 35.4. The molecule has 0 radical (unpaired) electrons. The molecule has 9 heteroatoms. The van der Waals surface area contributed by atoms with E-state index < -0.39 is 0 Å². The van der Waals surface area contributed by atoms with Crippen LogP contribution >= 0.6 is 34.4 Å². The number of thioether (sulfide) groups is 1. The number of benzene rings is 19. The van der Waals surface area contributed by atoms with Crippen LogP contribution in [0.4, 0.5) is 102 Å². The minimum absolute atomic E-state index is 0.128. The average Bonchev–Trinajstić information content (AvgIpc) is 1.52. The Labute approximate surface area is 766 Å². The van der Waals surface area contributed by atoms with E-state index in [-0.39, 0.29) is 11.2 Å². The number of fused-ring (bicyclic) bond motifs is 6. The lowest BCUT2D eigenvalue weighted by Crippen LogP contribution is -2.11. The highest BCUT2D eigenvalue weighted by Crippen LogP contribution is 2.67. The van der Waals surface area contributed by atoms with Crippen LogP contribution in [-0.4, -0.2) is 0 Å². The van der Waals surface area contributed by atoms with E-state index in [1.54, 1.807) is 0 Å². The molecule has 0 saturated carbocycles. The smallest absolute Gasteiger partial charge is 0.0462 e. The predicted molar refractivity (Wildman–Crippen MR) is 550 cm³/mol. The first-order valence-corrected chi connectivity index (χ1v) is 46.3. The molecule has 1 aliphatic rings. The molecular formula is C120H86N6S3. The fraction of sp³-hybridized carbons (Fsp3) is 0.0167. The van der Waals surface area contributed by atoms with Crippen molar-refractivity contribution < 1.29 is 0 Å². The first-order valence-electron chi connectivity index (χ1n) is 43.8. The van der Waals surface area contributed by atoms with Gasteiger partial charge in [-0.25, -0.2) is 0 Å². The molecule has 6 nitrogen and oxygen atoms in total. The fourth-order valence-electron chi connectivity index (χ4n) is 18.5. The summed E-state index contributed by atoms with van der Waals surface area (Å²) in [6.07, 6.45) is 0. The Morgan fingerprint density at radius 1 is 0.163 bits per heavy atom. The molecule has 2 unspecified atom stereocenters. The zero-order chi connectivity index (χ0) is 85.8. The molecule has 22 rings (SSSR count). The number of rotatable bonds is 24. The zero-order valence-corrected chi connectivity index (χ0v) is 73.0. The van der Waals surface area contributed by atoms with Gasteiger partial charge in [-0.2, -0.15) is 0 Å².